The van der Waals surface area contributed by atoms with Crippen molar-refractivity contribution in [2.24, 2.45) is 5.73 Å². The first-order valence-electron chi connectivity index (χ1n) is 6.96. The highest BCUT2D eigenvalue weighted by Gasteiger charge is 2.13. The SMILES string of the molecule is NCc1cnc2ccc(Cl)cc2c1Nc1ccccc1C(=O)O. The van der Waals surface area contributed by atoms with Crippen molar-refractivity contribution in [2.75, 3.05) is 5.32 Å². The lowest BCUT2D eigenvalue weighted by atomic mass is 10.1. The summed E-state index contributed by atoms with van der Waals surface area (Å²) in [6, 6.07) is 12.1. The number of carbonyl (C=O) groups is 1. The molecule has 3 aromatic rings. The summed E-state index contributed by atoms with van der Waals surface area (Å²) in [4.78, 5) is 15.7. The average molecular weight is 328 g/mol. The number of hydrogen-bond donors (Lipinski definition) is 3. The van der Waals surface area contributed by atoms with Gasteiger partial charge in [0.25, 0.3) is 0 Å². The number of nitrogens with two attached hydrogens (primary N) is 1. The number of pyridine rings is 1. The molecule has 0 atom stereocenters. The summed E-state index contributed by atoms with van der Waals surface area (Å²) in [5, 5.41) is 13.9. The molecule has 23 heavy (non-hydrogen) atoms. The van der Waals surface area contributed by atoms with E-state index in [9.17, 15) is 9.90 Å². The van der Waals surface area contributed by atoms with Gasteiger partial charge in [0.1, 0.15) is 0 Å². The fraction of sp³-hybridized carbons (Fsp3) is 0.0588. The van der Waals surface area contributed by atoms with Crippen LogP contribution in [0, 0.1) is 0 Å². The number of hydrogen-bond acceptors (Lipinski definition) is 4. The number of benzene rings is 2. The number of aromatic carboxylic acids is 1. The van der Waals surface area contributed by atoms with Crippen molar-refractivity contribution in [3.63, 3.8) is 0 Å². The Kier molecular flexibility index (Phi) is 4.14. The number of anilines is 2. The van der Waals surface area contributed by atoms with Crippen molar-refractivity contribution in [2.45, 2.75) is 6.54 Å². The first-order chi connectivity index (χ1) is 11.1. The summed E-state index contributed by atoms with van der Waals surface area (Å²) in [6.45, 7) is 0.271. The fourth-order valence-corrected chi connectivity index (χ4v) is 2.59. The third-order valence-corrected chi connectivity index (χ3v) is 3.78. The van der Waals surface area contributed by atoms with Crippen LogP contribution >= 0.6 is 11.6 Å². The second kappa shape index (κ2) is 6.24. The molecule has 3 rings (SSSR count). The maximum absolute atomic E-state index is 11.4. The number of para-hydroxylation sites is 1. The number of carboxylic acid groups (broad SMARTS) is 1. The maximum atomic E-state index is 11.4. The Balaban J connectivity index is 2.19. The van der Waals surface area contributed by atoms with E-state index in [4.69, 9.17) is 17.3 Å². The van der Waals surface area contributed by atoms with Gasteiger partial charge in [-0.1, -0.05) is 23.7 Å². The van der Waals surface area contributed by atoms with Gasteiger partial charge in [-0.25, -0.2) is 4.79 Å². The smallest absolute Gasteiger partial charge is 0.337 e. The second-order valence-electron chi connectivity index (χ2n) is 5.00. The Morgan fingerprint density at radius 2 is 2.04 bits per heavy atom. The molecule has 2 aromatic carbocycles. The van der Waals surface area contributed by atoms with Gasteiger partial charge >= 0.3 is 5.97 Å². The van der Waals surface area contributed by atoms with Crippen LogP contribution in [0.3, 0.4) is 0 Å². The summed E-state index contributed by atoms with van der Waals surface area (Å²) < 4.78 is 0. The van der Waals surface area contributed by atoms with Crippen molar-refractivity contribution in [3.8, 4) is 0 Å². The molecule has 1 heterocycles. The quantitative estimate of drug-likeness (QED) is 0.678. The molecule has 6 heteroatoms. The van der Waals surface area contributed by atoms with Gasteiger partial charge in [-0.3, -0.25) is 4.98 Å². The van der Waals surface area contributed by atoms with E-state index in [-0.39, 0.29) is 12.1 Å². The van der Waals surface area contributed by atoms with Crippen LogP contribution in [0.4, 0.5) is 11.4 Å². The minimum absolute atomic E-state index is 0.183. The number of halogens is 1. The minimum atomic E-state index is -1.00. The lowest BCUT2D eigenvalue weighted by molar-refractivity contribution is 0.0698. The fourth-order valence-electron chi connectivity index (χ4n) is 2.42. The number of carboxylic acids is 1. The topological polar surface area (TPSA) is 88.2 Å². The van der Waals surface area contributed by atoms with Gasteiger partial charge in [-0.05, 0) is 30.3 Å². The van der Waals surface area contributed by atoms with Gasteiger partial charge in [0, 0.05) is 28.7 Å². The molecule has 0 amide bonds. The predicted octanol–water partition coefficient (Wildman–Crippen LogP) is 3.79. The molecule has 0 aliphatic heterocycles. The van der Waals surface area contributed by atoms with Gasteiger partial charge in [0.2, 0.25) is 0 Å². The summed E-state index contributed by atoms with van der Waals surface area (Å²) in [5.74, 6) is -1.00. The molecular formula is C17H14ClN3O2. The Morgan fingerprint density at radius 3 is 2.78 bits per heavy atom. The number of nitrogens with one attached hydrogen (secondary N) is 1. The van der Waals surface area contributed by atoms with Crippen molar-refractivity contribution < 1.29 is 9.90 Å². The van der Waals surface area contributed by atoms with Crippen LogP contribution in [0.15, 0.2) is 48.7 Å². The number of fused-ring (bicyclic) bond motifs is 1. The molecule has 0 saturated heterocycles. The van der Waals surface area contributed by atoms with Crippen LogP contribution in [0.1, 0.15) is 15.9 Å². The average Bonchev–Trinajstić information content (AvgIpc) is 2.55. The molecule has 0 aliphatic carbocycles. The first-order valence-corrected chi connectivity index (χ1v) is 7.34. The van der Waals surface area contributed by atoms with Gasteiger partial charge in [0.15, 0.2) is 0 Å². The summed E-state index contributed by atoms with van der Waals surface area (Å²) in [7, 11) is 0. The van der Waals surface area contributed by atoms with E-state index in [1.807, 2.05) is 6.07 Å². The lowest BCUT2D eigenvalue weighted by Crippen LogP contribution is -2.07. The van der Waals surface area contributed by atoms with Crippen molar-refractivity contribution in [1.82, 2.24) is 4.98 Å². The number of nitrogens with zero attached hydrogens (tertiary/aromatic N) is 1. The molecule has 5 nitrogen and oxygen atoms in total. The predicted molar refractivity (Wildman–Crippen MR) is 91.3 cm³/mol. The van der Waals surface area contributed by atoms with Crippen molar-refractivity contribution in [1.29, 1.82) is 0 Å². The van der Waals surface area contributed by atoms with Crippen molar-refractivity contribution in [3.05, 3.63) is 64.8 Å². The maximum Gasteiger partial charge on any atom is 0.337 e. The standard InChI is InChI=1S/C17H14ClN3O2/c18-11-5-6-14-13(7-11)16(10(8-19)9-20-14)21-15-4-2-1-3-12(15)17(22)23/h1-7,9H,8,19H2,(H,20,21)(H,22,23). The van der Waals surface area contributed by atoms with Crippen LogP contribution in [0.25, 0.3) is 10.9 Å². The highest BCUT2D eigenvalue weighted by Crippen LogP contribution is 2.31. The Morgan fingerprint density at radius 1 is 1.26 bits per heavy atom. The molecule has 116 valence electrons. The molecule has 0 spiro atoms. The van der Waals surface area contributed by atoms with Crippen LogP contribution in [0.2, 0.25) is 5.02 Å². The summed E-state index contributed by atoms with van der Waals surface area (Å²) in [5.41, 5.74) is 8.72. The van der Waals surface area contributed by atoms with Gasteiger partial charge in [-0.2, -0.15) is 0 Å². The third-order valence-electron chi connectivity index (χ3n) is 3.55. The zero-order valence-electron chi connectivity index (χ0n) is 12.1. The highest BCUT2D eigenvalue weighted by atomic mass is 35.5. The minimum Gasteiger partial charge on any atom is -0.478 e. The summed E-state index contributed by atoms with van der Waals surface area (Å²) >= 11 is 6.09. The molecule has 0 fully saturated rings. The molecule has 0 bridgehead atoms. The van der Waals surface area contributed by atoms with Gasteiger partial charge in [0.05, 0.1) is 22.5 Å². The zero-order chi connectivity index (χ0) is 16.4. The molecule has 0 saturated carbocycles. The Bertz CT molecular complexity index is 896. The van der Waals surface area contributed by atoms with E-state index in [1.165, 1.54) is 0 Å². The Hall–Kier alpha value is -2.63. The lowest BCUT2D eigenvalue weighted by Gasteiger charge is -2.15. The molecule has 1 aromatic heterocycles. The van der Waals surface area contributed by atoms with E-state index in [1.54, 1.807) is 42.6 Å². The normalized spacial score (nSPS) is 10.7. The van der Waals surface area contributed by atoms with Crippen LogP contribution in [0.5, 0.6) is 0 Å². The molecule has 0 unspecified atom stereocenters. The van der Waals surface area contributed by atoms with Gasteiger partial charge < -0.3 is 16.2 Å². The van der Waals surface area contributed by atoms with E-state index in [0.717, 1.165) is 16.5 Å². The van der Waals surface area contributed by atoms with E-state index in [0.29, 0.717) is 16.4 Å². The largest absolute Gasteiger partial charge is 0.478 e. The summed E-state index contributed by atoms with van der Waals surface area (Å²) in [6.07, 6.45) is 1.68. The van der Waals surface area contributed by atoms with Crippen molar-refractivity contribution >= 4 is 39.8 Å². The van der Waals surface area contributed by atoms with Crippen LogP contribution in [-0.4, -0.2) is 16.1 Å². The van der Waals surface area contributed by atoms with E-state index in [2.05, 4.69) is 10.3 Å². The third kappa shape index (κ3) is 2.97. The number of aromatic nitrogens is 1. The Labute approximate surface area is 137 Å². The molecular weight excluding hydrogens is 314 g/mol. The second-order valence-corrected chi connectivity index (χ2v) is 5.44. The van der Waals surface area contributed by atoms with Gasteiger partial charge in [-0.15, -0.1) is 0 Å². The monoisotopic (exact) mass is 327 g/mol. The first kappa shape index (κ1) is 15.3. The van der Waals surface area contributed by atoms with E-state index >= 15 is 0 Å². The van der Waals surface area contributed by atoms with E-state index < -0.39 is 5.97 Å². The number of rotatable bonds is 4. The van der Waals surface area contributed by atoms with Crippen LogP contribution < -0.4 is 11.1 Å². The molecule has 0 aliphatic rings. The molecule has 0 radical (unpaired) electrons. The highest BCUT2D eigenvalue weighted by molar-refractivity contribution is 6.31. The van der Waals surface area contributed by atoms with Crippen LogP contribution in [-0.2, 0) is 6.54 Å². The zero-order valence-corrected chi connectivity index (χ0v) is 12.8. The molecule has 4 N–H and O–H groups in total.